The number of anilines is 1. The van der Waals surface area contributed by atoms with Crippen LogP contribution in [-0.4, -0.2) is 41.4 Å². The van der Waals surface area contributed by atoms with E-state index in [1.807, 2.05) is 35.2 Å². The van der Waals surface area contributed by atoms with Gasteiger partial charge in [0.15, 0.2) is 5.65 Å². The number of imidazole rings is 1. The van der Waals surface area contributed by atoms with Crippen molar-refractivity contribution in [2.45, 2.75) is 38.6 Å². The van der Waals surface area contributed by atoms with Crippen LogP contribution in [0.15, 0.2) is 55.0 Å². The number of aromatic nitrogens is 5. The summed E-state index contributed by atoms with van der Waals surface area (Å²) in [5.74, 6) is 6.48. The Labute approximate surface area is 228 Å². The quantitative estimate of drug-likeness (QED) is 0.344. The van der Waals surface area contributed by atoms with Crippen molar-refractivity contribution in [2.75, 3.05) is 5.73 Å². The second kappa shape index (κ2) is 9.34. The third kappa shape index (κ3) is 4.44. The van der Waals surface area contributed by atoms with Crippen molar-refractivity contribution in [2.24, 2.45) is 0 Å². The molecule has 0 bridgehead atoms. The summed E-state index contributed by atoms with van der Waals surface area (Å²) >= 11 is 6.60. The lowest BCUT2D eigenvalue weighted by Crippen LogP contribution is -2.33. The summed E-state index contributed by atoms with van der Waals surface area (Å²) in [4.78, 5) is 28.9. The molecule has 1 amide bonds. The molecule has 5 heterocycles. The molecule has 0 radical (unpaired) electrons. The third-order valence-electron chi connectivity index (χ3n) is 7.04. The molecule has 4 aromatic heterocycles. The van der Waals surface area contributed by atoms with E-state index < -0.39 is 0 Å². The number of benzene rings is 1. The number of hydrogen-bond donors (Lipinski definition) is 1. The van der Waals surface area contributed by atoms with Crippen molar-refractivity contribution in [3.63, 3.8) is 0 Å². The minimum absolute atomic E-state index is 0.125. The molecule has 0 spiro atoms. The van der Waals surface area contributed by atoms with E-state index in [2.05, 4.69) is 31.9 Å². The Kier molecular flexibility index (Phi) is 5.65. The second-order valence-corrected chi connectivity index (χ2v) is 10.1. The number of pyridine rings is 2. The predicted molar refractivity (Wildman–Crippen MR) is 146 cm³/mol. The minimum Gasteiger partial charge on any atom is -0.383 e. The maximum Gasteiger partial charge on any atom is 0.255 e. The summed E-state index contributed by atoms with van der Waals surface area (Å²) in [6, 6.07) is 11.2. The Hall–Kier alpha value is -4.52. The Morgan fingerprint density at radius 1 is 1.13 bits per heavy atom. The van der Waals surface area contributed by atoms with E-state index in [9.17, 15) is 4.79 Å². The van der Waals surface area contributed by atoms with Gasteiger partial charge in [0.25, 0.3) is 5.91 Å². The van der Waals surface area contributed by atoms with Crippen LogP contribution in [0.1, 0.15) is 51.3 Å². The van der Waals surface area contributed by atoms with Crippen molar-refractivity contribution in [3.8, 4) is 11.8 Å². The first-order chi connectivity index (χ1) is 19.0. The van der Waals surface area contributed by atoms with Crippen LogP contribution in [0, 0.1) is 11.8 Å². The highest BCUT2D eigenvalue weighted by Gasteiger charge is 2.34. The van der Waals surface area contributed by atoms with Gasteiger partial charge in [0.2, 0.25) is 0 Å². The highest BCUT2D eigenvalue weighted by atomic mass is 35.5. The van der Waals surface area contributed by atoms with Crippen LogP contribution in [0.25, 0.3) is 16.6 Å². The Balaban J connectivity index is 1.13. The number of amides is 1. The van der Waals surface area contributed by atoms with Gasteiger partial charge in [0.05, 0.1) is 41.6 Å². The first-order valence-corrected chi connectivity index (χ1v) is 13.0. The molecule has 0 unspecified atom stereocenters. The summed E-state index contributed by atoms with van der Waals surface area (Å²) in [5, 5.41) is 5.62. The highest BCUT2D eigenvalue weighted by molar-refractivity contribution is 6.34. The topological polar surface area (TPSA) is 112 Å². The average molecular weight is 536 g/mol. The molecule has 1 aliphatic carbocycles. The molecule has 2 N–H and O–H groups in total. The van der Waals surface area contributed by atoms with E-state index in [0.29, 0.717) is 47.4 Å². The molecule has 9 nitrogen and oxygen atoms in total. The van der Waals surface area contributed by atoms with E-state index in [4.69, 9.17) is 22.1 Å². The second-order valence-electron chi connectivity index (χ2n) is 9.70. The fourth-order valence-corrected chi connectivity index (χ4v) is 5.09. The lowest BCUT2D eigenvalue weighted by atomic mass is 10.0. The van der Waals surface area contributed by atoms with E-state index in [1.54, 1.807) is 29.2 Å². The van der Waals surface area contributed by atoms with Crippen LogP contribution in [0.4, 0.5) is 5.82 Å². The molecule has 7 rings (SSSR count). The first kappa shape index (κ1) is 23.6. The molecule has 1 aliphatic heterocycles. The zero-order chi connectivity index (χ0) is 26.5. The highest BCUT2D eigenvalue weighted by Crippen LogP contribution is 2.36. The molecule has 1 fully saturated rings. The third-order valence-corrected chi connectivity index (χ3v) is 7.36. The predicted octanol–water partition coefficient (Wildman–Crippen LogP) is 4.14. The van der Waals surface area contributed by atoms with Gasteiger partial charge in [0.1, 0.15) is 11.5 Å². The van der Waals surface area contributed by atoms with Gasteiger partial charge in [-0.25, -0.2) is 14.5 Å². The van der Waals surface area contributed by atoms with E-state index in [-0.39, 0.29) is 11.9 Å². The lowest BCUT2D eigenvalue weighted by Gasteiger charge is -2.23. The number of nitrogens with two attached hydrogens (primary N) is 1. The van der Waals surface area contributed by atoms with Gasteiger partial charge >= 0.3 is 0 Å². The van der Waals surface area contributed by atoms with Crippen molar-refractivity contribution < 1.29 is 9.53 Å². The fourth-order valence-electron chi connectivity index (χ4n) is 4.85. The minimum atomic E-state index is -0.125. The molecule has 0 saturated heterocycles. The standard InChI is InChI=1S/C29H22ClN7O2/c30-25-12-26-21(23-15-39-16-24(23)28(31)34-26)11-22(25)29(38)36(20-6-7-20)14-19-4-2-17(13-33-19)1-3-18-5-8-27-32-9-10-37(27)35-18/h2,4-5,8-13,20H,6-7,14-16H2,(H2,31,34). The number of nitrogens with zero attached hydrogens (tertiary/aromatic N) is 6. The van der Waals surface area contributed by atoms with E-state index in [1.165, 1.54) is 0 Å². The van der Waals surface area contributed by atoms with Crippen molar-refractivity contribution >= 4 is 39.9 Å². The molecule has 10 heteroatoms. The van der Waals surface area contributed by atoms with Crippen molar-refractivity contribution in [1.82, 2.24) is 29.5 Å². The number of fused-ring (bicyclic) bond motifs is 4. The maximum atomic E-state index is 13.8. The van der Waals surface area contributed by atoms with Gasteiger partial charge in [-0.1, -0.05) is 17.5 Å². The zero-order valence-electron chi connectivity index (χ0n) is 20.8. The van der Waals surface area contributed by atoms with Crippen molar-refractivity contribution in [3.05, 3.63) is 93.7 Å². The Morgan fingerprint density at radius 3 is 2.82 bits per heavy atom. The molecule has 2 aliphatic rings. The molecule has 0 atom stereocenters. The normalized spacial score (nSPS) is 14.3. The van der Waals surface area contributed by atoms with E-state index in [0.717, 1.165) is 46.3 Å². The van der Waals surface area contributed by atoms with Gasteiger partial charge in [0, 0.05) is 41.1 Å². The van der Waals surface area contributed by atoms with Gasteiger partial charge in [-0.15, -0.1) is 0 Å². The number of halogens is 1. The monoisotopic (exact) mass is 535 g/mol. The summed E-state index contributed by atoms with van der Waals surface area (Å²) in [6.07, 6.45) is 7.10. The summed E-state index contributed by atoms with van der Waals surface area (Å²) in [7, 11) is 0. The number of hydrogen-bond acceptors (Lipinski definition) is 7. The van der Waals surface area contributed by atoms with Crippen molar-refractivity contribution in [1.29, 1.82) is 0 Å². The maximum absolute atomic E-state index is 13.8. The summed E-state index contributed by atoms with van der Waals surface area (Å²) in [5.41, 5.74) is 12.0. The largest absolute Gasteiger partial charge is 0.383 e. The van der Waals surface area contributed by atoms with Crippen LogP contribution in [-0.2, 0) is 24.5 Å². The van der Waals surface area contributed by atoms with Crippen LogP contribution in [0.3, 0.4) is 0 Å². The smallest absolute Gasteiger partial charge is 0.255 e. The fraction of sp³-hybridized carbons (Fsp3) is 0.207. The van der Waals surface area contributed by atoms with Gasteiger partial charge < -0.3 is 15.4 Å². The number of ether oxygens (including phenoxy) is 1. The SMILES string of the molecule is Nc1nc2cc(Cl)c(C(=O)N(Cc3ccc(C#Cc4ccc5nccn5n4)cn3)C3CC3)cc2c2c1COC2. The summed E-state index contributed by atoms with van der Waals surface area (Å²) in [6.45, 7) is 1.24. The molecular formula is C29H22ClN7O2. The zero-order valence-corrected chi connectivity index (χ0v) is 21.5. The van der Waals surface area contributed by atoms with Crippen LogP contribution in [0.2, 0.25) is 5.02 Å². The number of rotatable bonds is 4. The lowest BCUT2D eigenvalue weighted by molar-refractivity contribution is 0.0728. The number of nitrogen functional groups attached to an aromatic ring is 1. The van der Waals surface area contributed by atoms with E-state index >= 15 is 0 Å². The van der Waals surface area contributed by atoms with Crippen LogP contribution in [0.5, 0.6) is 0 Å². The average Bonchev–Trinajstić information content (AvgIpc) is 3.45. The molecule has 39 heavy (non-hydrogen) atoms. The number of carbonyl (C=O) groups is 1. The molecule has 5 aromatic rings. The molecule has 1 aromatic carbocycles. The van der Waals surface area contributed by atoms with Gasteiger partial charge in [-0.3, -0.25) is 9.78 Å². The Morgan fingerprint density at radius 2 is 2.00 bits per heavy atom. The van der Waals surface area contributed by atoms with Gasteiger partial charge in [-0.05, 0) is 60.7 Å². The summed E-state index contributed by atoms with van der Waals surface area (Å²) < 4.78 is 7.29. The Bertz CT molecular complexity index is 1830. The number of carbonyl (C=O) groups excluding carboxylic acids is 1. The first-order valence-electron chi connectivity index (χ1n) is 12.6. The van der Waals surface area contributed by atoms with Crippen LogP contribution < -0.4 is 5.73 Å². The van der Waals surface area contributed by atoms with Gasteiger partial charge in [-0.2, -0.15) is 5.10 Å². The molecule has 1 saturated carbocycles. The molecular weight excluding hydrogens is 514 g/mol. The molecule has 192 valence electrons. The van der Waals surface area contributed by atoms with Crippen LogP contribution >= 0.6 is 11.6 Å².